The zero-order valence-corrected chi connectivity index (χ0v) is 16.2. The first-order chi connectivity index (χ1) is 14.1. The van der Waals surface area contributed by atoms with Crippen LogP contribution in [0.15, 0.2) is 48.5 Å². The number of phenolic OH excluding ortho intramolecular Hbond substituents is 1. The molecule has 3 N–H and O–H groups in total. The predicted octanol–water partition coefficient (Wildman–Crippen LogP) is 3.52. The number of tetrazole rings is 1. The van der Waals surface area contributed by atoms with Crippen LogP contribution in [0.3, 0.4) is 0 Å². The molecule has 1 aromatic heterocycles. The van der Waals surface area contributed by atoms with Crippen molar-refractivity contribution in [2.75, 3.05) is 5.32 Å². The summed E-state index contributed by atoms with van der Waals surface area (Å²) in [5.74, 6) is 1.01. The Morgan fingerprint density at radius 3 is 2.59 bits per heavy atom. The lowest BCUT2D eigenvalue weighted by molar-refractivity contribution is 0.248. The fourth-order valence-electron chi connectivity index (χ4n) is 3.16. The average molecular weight is 392 g/mol. The molecule has 1 atom stereocenters. The molecule has 0 unspecified atom stereocenters. The maximum atomic E-state index is 12.3. The fourth-order valence-corrected chi connectivity index (χ4v) is 3.16. The quantitative estimate of drug-likeness (QED) is 0.570. The number of aromatic nitrogens is 4. The highest BCUT2D eigenvalue weighted by Gasteiger charge is 2.28. The minimum atomic E-state index is -0.237. The molecule has 3 aromatic rings. The third-order valence-corrected chi connectivity index (χ3v) is 4.97. The number of aromatic hydroxyl groups is 1. The number of amides is 2. The number of phenols is 1. The predicted molar refractivity (Wildman–Crippen MR) is 110 cm³/mol. The van der Waals surface area contributed by atoms with Crippen LogP contribution in [0.25, 0.3) is 11.4 Å². The fraction of sp³-hybridized carbons (Fsp3) is 0.333. The molecule has 1 heterocycles. The van der Waals surface area contributed by atoms with Crippen molar-refractivity contribution in [3.05, 3.63) is 54.1 Å². The minimum absolute atomic E-state index is 0.0197. The van der Waals surface area contributed by atoms with Gasteiger partial charge in [0.25, 0.3) is 0 Å². The lowest BCUT2D eigenvalue weighted by atomic mass is 10.1. The maximum Gasteiger partial charge on any atom is 0.319 e. The van der Waals surface area contributed by atoms with Crippen LogP contribution in [0.1, 0.15) is 37.8 Å². The van der Waals surface area contributed by atoms with Crippen molar-refractivity contribution in [3.63, 3.8) is 0 Å². The lowest BCUT2D eigenvalue weighted by Crippen LogP contribution is -2.36. The molecule has 8 nitrogen and oxygen atoms in total. The van der Waals surface area contributed by atoms with Gasteiger partial charge in [-0.15, -0.1) is 5.10 Å². The molecule has 0 spiro atoms. The molecule has 1 aliphatic rings. The van der Waals surface area contributed by atoms with Crippen LogP contribution in [-0.4, -0.2) is 37.4 Å². The van der Waals surface area contributed by atoms with Crippen molar-refractivity contribution in [1.29, 1.82) is 0 Å². The van der Waals surface area contributed by atoms with Gasteiger partial charge in [-0.1, -0.05) is 12.1 Å². The molecular weight excluding hydrogens is 368 g/mol. The first-order valence-corrected chi connectivity index (χ1v) is 9.82. The lowest BCUT2D eigenvalue weighted by Gasteiger charge is -2.15. The van der Waals surface area contributed by atoms with Crippen molar-refractivity contribution in [1.82, 2.24) is 25.5 Å². The topological polar surface area (TPSA) is 105 Å². The highest BCUT2D eigenvalue weighted by atomic mass is 16.3. The molecule has 0 aliphatic heterocycles. The van der Waals surface area contributed by atoms with Crippen molar-refractivity contribution in [3.8, 4) is 17.1 Å². The van der Waals surface area contributed by atoms with Crippen LogP contribution in [0.2, 0.25) is 0 Å². The van der Waals surface area contributed by atoms with E-state index in [2.05, 4.69) is 26.2 Å². The Hall–Kier alpha value is -3.42. The summed E-state index contributed by atoms with van der Waals surface area (Å²) in [4.78, 5) is 12.3. The van der Waals surface area contributed by atoms with E-state index in [9.17, 15) is 9.90 Å². The SMILES string of the molecule is C[C@H](CCc1ccc(O)cc1)NC(=O)Nc1ccc(-c2nnnn2C2CC2)cc1. The monoisotopic (exact) mass is 392 g/mol. The number of aryl methyl sites for hydroxylation is 1. The summed E-state index contributed by atoms with van der Waals surface area (Å²) in [6.45, 7) is 1.97. The van der Waals surface area contributed by atoms with Crippen LogP contribution in [0.4, 0.5) is 10.5 Å². The van der Waals surface area contributed by atoms with Crippen LogP contribution in [0, 0.1) is 0 Å². The number of urea groups is 1. The smallest absolute Gasteiger partial charge is 0.319 e. The van der Waals surface area contributed by atoms with E-state index in [0.717, 1.165) is 42.6 Å². The Morgan fingerprint density at radius 2 is 1.90 bits per heavy atom. The van der Waals surface area contributed by atoms with E-state index >= 15 is 0 Å². The van der Waals surface area contributed by atoms with Gasteiger partial charge in [0, 0.05) is 17.3 Å². The summed E-state index contributed by atoms with van der Waals surface area (Å²) < 4.78 is 1.87. The van der Waals surface area contributed by atoms with Crippen molar-refractivity contribution >= 4 is 11.7 Å². The summed E-state index contributed by atoms with van der Waals surface area (Å²) in [6.07, 6.45) is 3.86. The van der Waals surface area contributed by atoms with Gasteiger partial charge < -0.3 is 15.7 Å². The number of rotatable bonds is 7. The Balaban J connectivity index is 1.28. The first kappa shape index (κ1) is 18.9. The van der Waals surface area contributed by atoms with Gasteiger partial charge in [0.05, 0.1) is 6.04 Å². The number of nitrogens with one attached hydrogen (secondary N) is 2. The number of hydrogen-bond acceptors (Lipinski definition) is 5. The Bertz CT molecular complexity index is 964. The van der Waals surface area contributed by atoms with Gasteiger partial charge in [0.1, 0.15) is 5.75 Å². The number of carbonyl (C=O) groups excluding carboxylic acids is 1. The molecule has 0 saturated heterocycles. The zero-order valence-electron chi connectivity index (χ0n) is 16.2. The number of anilines is 1. The molecule has 1 saturated carbocycles. The van der Waals surface area contributed by atoms with E-state index in [4.69, 9.17) is 0 Å². The standard InChI is InChI=1S/C21H24N6O2/c1-14(2-3-15-4-12-19(28)13-5-15)22-21(29)23-17-8-6-16(7-9-17)20-24-25-26-27(20)18-10-11-18/h4-9,12-14,18,28H,2-3,10-11H2,1H3,(H2,22,23,29)/t14-/m1/s1. The number of carbonyl (C=O) groups is 1. The van der Waals surface area contributed by atoms with Gasteiger partial charge in [-0.3, -0.25) is 0 Å². The van der Waals surface area contributed by atoms with Gasteiger partial charge in [-0.2, -0.15) is 0 Å². The third-order valence-electron chi connectivity index (χ3n) is 4.97. The van der Waals surface area contributed by atoms with Gasteiger partial charge in [0.2, 0.25) is 0 Å². The van der Waals surface area contributed by atoms with Crippen molar-refractivity contribution in [2.45, 2.75) is 44.7 Å². The molecule has 0 radical (unpaired) electrons. The largest absolute Gasteiger partial charge is 0.508 e. The molecule has 2 amide bonds. The van der Waals surface area contributed by atoms with E-state index in [1.54, 1.807) is 12.1 Å². The van der Waals surface area contributed by atoms with Crippen molar-refractivity contribution in [2.24, 2.45) is 0 Å². The van der Waals surface area contributed by atoms with E-state index in [1.165, 1.54) is 0 Å². The summed E-state index contributed by atoms with van der Waals surface area (Å²) >= 11 is 0. The molecule has 8 heteroatoms. The molecule has 2 aromatic carbocycles. The zero-order chi connectivity index (χ0) is 20.2. The molecule has 29 heavy (non-hydrogen) atoms. The number of benzene rings is 2. The Labute approximate surface area is 168 Å². The Morgan fingerprint density at radius 1 is 1.17 bits per heavy atom. The second-order valence-corrected chi connectivity index (χ2v) is 7.46. The first-order valence-electron chi connectivity index (χ1n) is 9.82. The van der Waals surface area contributed by atoms with Gasteiger partial charge >= 0.3 is 6.03 Å². The normalized spacial score (nSPS) is 14.4. The summed E-state index contributed by atoms with van der Waals surface area (Å²) in [5.41, 5.74) is 2.76. The van der Waals surface area contributed by atoms with Crippen LogP contribution < -0.4 is 10.6 Å². The van der Waals surface area contributed by atoms with Gasteiger partial charge in [-0.25, -0.2) is 9.48 Å². The van der Waals surface area contributed by atoms with E-state index < -0.39 is 0 Å². The highest BCUT2D eigenvalue weighted by Crippen LogP contribution is 2.36. The molecular formula is C21H24N6O2. The molecule has 150 valence electrons. The molecule has 0 bridgehead atoms. The van der Waals surface area contributed by atoms with Crippen LogP contribution in [-0.2, 0) is 6.42 Å². The van der Waals surface area contributed by atoms with Gasteiger partial charge in [0.15, 0.2) is 5.82 Å². The van der Waals surface area contributed by atoms with E-state index in [1.807, 2.05) is 48.0 Å². The van der Waals surface area contributed by atoms with Crippen LogP contribution >= 0.6 is 0 Å². The molecule has 4 rings (SSSR count). The number of nitrogens with zero attached hydrogens (tertiary/aromatic N) is 4. The summed E-state index contributed by atoms with van der Waals surface area (Å²) in [5, 5.41) is 27.1. The second kappa shape index (κ2) is 8.30. The second-order valence-electron chi connectivity index (χ2n) is 7.46. The summed E-state index contributed by atoms with van der Waals surface area (Å²) in [7, 11) is 0. The molecule has 1 aliphatic carbocycles. The van der Waals surface area contributed by atoms with E-state index in [-0.39, 0.29) is 17.8 Å². The van der Waals surface area contributed by atoms with Crippen LogP contribution in [0.5, 0.6) is 5.75 Å². The van der Waals surface area contributed by atoms with Crippen molar-refractivity contribution < 1.29 is 9.90 Å². The third kappa shape index (κ3) is 4.90. The van der Waals surface area contributed by atoms with E-state index in [0.29, 0.717) is 11.7 Å². The summed E-state index contributed by atoms with van der Waals surface area (Å²) in [6, 6.07) is 14.8. The minimum Gasteiger partial charge on any atom is -0.508 e. The molecule has 1 fully saturated rings. The highest BCUT2D eigenvalue weighted by molar-refractivity contribution is 5.89. The maximum absolute atomic E-state index is 12.3. The number of hydrogen-bond donors (Lipinski definition) is 3. The van der Waals surface area contributed by atoms with Gasteiger partial charge in [-0.05, 0) is 85.0 Å². The Kier molecular flexibility index (Phi) is 5.41. The average Bonchev–Trinajstić information content (AvgIpc) is 3.44.